The molecular weight excluding hydrogens is 475 g/mol. The zero-order valence-corrected chi connectivity index (χ0v) is 20.9. The maximum absolute atomic E-state index is 13.6. The molecule has 2 aromatic carbocycles. The van der Waals surface area contributed by atoms with Gasteiger partial charge in [-0.15, -0.1) is 0 Å². The lowest BCUT2D eigenvalue weighted by Crippen LogP contribution is -2.34. The molecule has 0 N–H and O–H groups in total. The molecule has 2 heterocycles. The molecule has 178 valence electrons. The predicted molar refractivity (Wildman–Crippen MR) is 134 cm³/mol. The first kappa shape index (κ1) is 24.3. The second-order valence-electron chi connectivity index (χ2n) is 8.84. The van der Waals surface area contributed by atoms with Gasteiger partial charge in [-0.05, 0) is 36.6 Å². The lowest BCUT2D eigenvalue weighted by atomic mass is 10.1. The highest BCUT2D eigenvalue weighted by atomic mass is 35.5. The molecule has 6 nitrogen and oxygen atoms in total. The summed E-state index contributed by atoms with van der Waals surface area (Å²) in [7, 11) is 0. The Kier molecular flexibility index (Phi) is 7.01. The first-order valence-corrected chi connectivity index (χ1v) is 12.1. The minimum absolute atomic E-state index is 0.0913. The molecular formula is C26H26Cl2N2O4. The number of hydrogen-bond donors (Lipinski definition) is 0. The van der Waals surface area contributed by atoms with E-state index in [4.69, 9.17) is 27.9 Å². The van der Waals surface area contributed by atoms with E-state index >= 15 is 0 Å². The molecule has 4 rings (SSSR count). The highest BCUT2D eigenvalue weighted by molar-refractivity contribution is 6.42. The van der Waals surface area contributed by atoms with Crippen LogP contribution in [0, 0.1) is 5.92 Å². The Morgan fingerprint density at radius 1 is 0.941 bits per heavy atom. The van der Waals surface area contributed by atoms with Gasteiger partial charge < -0.3 is 9.30 Å². The van der Waals surface area contributed by atoms with Gasteiger partial charge in [0.15, 0.2) is 0 Å². The molecule has 2 amide bonds. The molecule has 0 unspecified atom stereocenters. The van der Waals surface area contributed by atoms with E-state index in [2.05, 4.69) is 6.92 Å². The number of aromatic nitrogens is 1. The van der Waals surface area contributed by atoms with Gasteiger partial charge in [0.2, 0.25) is 0 Å². The number of amides is 2. The summed E-state index contributed by atoms with van der Waals surface area (Å²) < 4.78 is 7.81. The van der Waals surface area contributed by atoms with Crippen molar-refractivity contribution in [3.05, 3.63) is 73.6 Å². The molecule has 1 aliphatic rings. The summed E-state index contributed by atoms with van der Waals surface area (Å²) in [4.78, 5) is 41.0. The van der Waals surface area contributed by atoms with E-state index in [1.165, 1.54) is 4.90 Å². The van der Waals surface area contributed by atoms with Crippen molar-refractivity contribution in [1.82, 2.24) is 9.47 Å². The minimum atomic E-state index is -0.391. The SMILES string of the molecule is CCCCOc1c(CN2C(=O)c3ccccc3C2=O)n(CC(C)C)c(=O)c2cc(Cl)c(Cl)cc12. The van der Waals surface area contributed by atoms with Gasteiger partial charge in [-0.3, -0.25) is 19.3 Å². The van der Waals surface area contributed by atoms with Crippen LogP contribution in [0.25, 0.3) is 10.8 Å². The quantitative estimate of drug-likeness (QED) is 0.283. The normalized spacial score (nSPS) is 13.3. The molecule has 0 saturated carbocycles. The van der Waals surface area contributed by atoms with Crippen molar-refractivity contribution in [3.63, 3.8) is 0 Å². The Hall–Kier alpha value is -2.83. The predicted octanol–water partition coefficient (Wildman–Crippen LogP) is 5.94. The molecule has 3 aromatic rings. The number of hydrogen-bond acceptors (Lipinski definition) is 4. The third-order valence-electron chi connectivity index (χ3n) is 5.85. The summed E-state index contributed by atoms with van der Waals surface area (Å²) in [5.74, 6) is -0.211. The molecule has 0 spiro atoms. The van der Waals surface area contributed by atoms with Crippen molar-refractivity contribution in [2.45, 2.75) is 46.7 Å². The molecule has 0 bridgehead atoms. The standard InChI is InChI=1S/C26H26Cl2N2O4/c1-4-5-10-34-23-18-11-20(27)21(28)12-19(18)26(33)29(13-15(2)3)22(23)14-30-24(31)16-8-6-7-9-17(16)25(30)32/h6-9,11-12,15H,4-5,10,13-14H2,1-3H3. The fraction of sp³-hybridized carbons (Fsp3) is 0.346. The summed E-state index contributed by atoms with van der Waals surface area (Å²) >= 11 is 12.6. The van der Waals surface area contributed by atoms with E-state index in [0.717, 1.165) is 12.8 Å². The zero-order chi connectivity index (χ0) is 24.6. The van der Waals surface area contributed by atoms with Gasteiger partial charge in [0.1, 0.15) is 5.75 Å². The van der Waals surface area contributed by atoms with Crippen molar-refractivity contribution in [3.8, 4) is 5.75 Å². The summed E-state index contributed by atoms with van der Waals surface area (Å²) in [5.41, 5.74) is 0.913. The number of unbranched alkanes of at least 4 members (excludes halogenated alkanes) is 1. The first-order chi connectivity index (χ1) is 16.2. The molecule has 0 atom stereocenters. The third-order valence-corrected chi connectivity index (χ3v) is 6.57. The molecule has 0 saturated heterocycles. The van der Waals surface area contributed by atoms with E-state index in [0.29, 0.717) is 51.5 Å². The minimum Gasteiger partial charge on any atom is -0.491 e. The molecule has 0 aliphatic carbocycles. The topological polar surface area (TPSA) is 68.6 Å². The van der Waals surface area contributed by atoms with Gasteiger partial charge in [0, 0.05) is 11.9 Å². The summed E-state index contributed by atoms with van der Waals surface area (Å²) in [5, 5.41) is 1.46. The molecule has 0 radical (unpaired) electrons. The van der Waals surface area contributed by atoms with Gasteiger partial charge >= 0.3 is 0 Å². The second kappa shape index (κ2) is 9.80. The van der Waals surface area contributed by atoms with Crippen LogP contribution in [0.1, 0.15) is 60.0 Å². The number of carbonyl (C=O) groups excluding carboxylic acids is 2. The van der Waals surface area contributed by atoms with E-state index < -0.39 is 11.8 Å². The van der Waals surface area contributed by atoms with Crippen LogP contribution in [0.4, 0.5) is 0 Å². The lowest BCUT2D eigenvalue weighted by molar-refractivity contribution is 0.0636. The summed E-state index contributed by atoms with van der Waals surface area (Å²) in [6.45, 7) is 6.76. The Morgan fingerprint density at radius 2 is 1.53 bits per heavy atom. The Morgan fingerprint density at radius 3 is 2.09 bits per heavy atom. The smallest absolute Gasteiger partial charge is 0.261 e. The maximum atomic E-state index is 13.6. The molecule has 1 aromatic heterocycles. The monoisotopic (exact) mass is 500 g/mol. The maximum Gasteiger partial charge on any atom is 0.261 e. The van der Waals surface area contributed by atoms with Crippen molar-refractivity contribution in [2.75, 3.05) is 6.61 Å². The van der Waals surface area contributed by atoms with Crippen LogP contribution in [0.5, 0.6) is 5.75 Å². The highest BCUT2D eigenvalue weighted by Gasteiger charge is 2.36. The summed E-state index contributed by atoms with van der Waals surface area (Å²) in [6, 6.07) is 9.89. The second-order valence-corrected chi connectivity index (χ2v) is 9.66. The van der Waals surface area contributed by atoms with Crippen LogP contribution in [0.15, 0.2) is 41.2 Å². The molecule has 0 fully saturated rings. The highest BCUT2D eigenvalue weighted by Crippen LogP contribution is 2.36. The fourth-order valence-corrected chi connectivity index (χ4v) is 4.51. The first-order valence-electron chi connectivity index (χ1n) is 11.4. The van der Waals surface area contributed by atoms with Crippen molar-refractivity contribution in [2.24, 2.45) is 5.92 Å². The van der Waals surface area contributed by atoms with E-state index in [9.17, 15) is 14.4 Å². The number of ether oxygens (including phenoxy) is 1. The van der Waals surface area contributed by atoms with Gasteiger partial charge in [0.25, 0.3) is 17.4 Å². The van der Waals surface area contributed by atoms with Gasteiger partial charge in [0.05, 0.1) is 45.4 Å². The number of fused-ring (bicyclic) bond motifs is 2. The Balaban J connectivity index is 1.94. The molecule has 1 aliphatic heterocycles. The number of pyridine rings is 1. The van der Waals surface area contributed by atoms with E-state index in [1.807, 2.05) is 13.8 Å². The largest absolute Gasteiger partial charge is 0.491 e. The number of carbonyl (C=O) groups is 2. The average Bonchev–Trinajstić information content (AvgIpc) is 3.04. The number of imide groups is 1. The third kappa shape index (κ3) is 4.32. The molecule has 8 heteroatoms. The number of nitrogens with zero attached hydrogens (tertiary/aromatic N) is 2. The van der Waals surface area contributed by atoms with Crippen LogP contribution >= 0.6 is 23.2 Å². The van der Waals surface area contributed by atoms with Crippen molar-refractivity contribution < 1.29 is 14.3 Å². The van der Waals surface area contributed by atoms with Crippen molar-refractivity contribution in [1.29, 1.82) is 0 Å². The van der Waals surface area contributed by atoms with Crippen molar-refractivity contribution >= 4 is 45.8 Å². The van der Waals surface area contributed by atoms with E-state index in [-0.39, 0.29) is 23.0 Å². The van der Waals surface area contributed by atoms with Crippen LogP contribution < -0.4 is 10.3 Å². The van der Waals surface area contributed by atoms with Crippen LogP contribution in [-0.2, 0) is 13.1 Å². The average molecular weight is 501 g/mol. The van der Waals surface area contributed by atoms with Gasteiger partial charge in [-0.25, -0.2) is 0 Å². The van der Waals surface area contributed by atoms with Gasteiger partial charge in [-0.2, -0.15) is 0 Å². The number of benzene rings is 2. The van der Waals surface area contributed by atoms with Gasteiger partial charge in [-0.1, -0.05) is 62.5 Å². The fourth-order valence-electron chi connectivity index (χ4n) is 4.19. The number of rotatable bonds is 8. The zero-order valence-electron chi connectivity index (χ0n) is 19.4. The molecule has 34 heavy (non-hydrogen) atoms. The Labute approximate surface area is 208 Å². The number of halogens is 2. The van der Waals surface area contributed by atoms with E-state index in [1.54, 1.807) is 41.0 Å². The van der Waals surface area contributed by atoms with Crippen LogP contribution in [-0.4, -0.2) is 27.9 Å². The lowest BCUT2D eigenvalue weighted by Gasteiger charge is -2.24. The summed E-state index contributed by atoms with van der Waals surface area (Å²) in [6.07, 6.45) is 1.72. The van der Waals surface area contributed by atoms with Crippen LogP contribution in [0.3, 0.4) is 0 Å². The van der Waals surface area contributed by atoms with Crippen LogP contribution in [0.2, 0.25) is 10.0 Å². The Bertz CT molecular complexity index is 1310.